The van der Waals surface area contributed by atoms with E-state index in [2.05, 4.69) is 15.3 Å². The summed E-state index contributed by atoms with van der Waals surface area (Å²) in [5, 5.41) is 2.77. The van der Waals surface area contributed by atoms with Crippen LogP contribution in [0.2, 0.25) is 0 Å². The van der Waals surface area contributed by atoms with E-state index < -0.39 is 0 Å². The fraction of sp³-hybridized carbons (Fsp3) is 0.222. The van der Waals surface area contributed by atoms with Gasteiger partial charge in [0.1, 0.15) is 11.5 Å². The zero-order chi connectivity index (χ0) is 16.9. The molecule has 0 saturated carbocycles. The number of hydrogen-bond acceptors (Lipinski definition) is 4. The van der Waals surface area contributed by atoms with Crippen molar-refractivity contribution in [1.29, 1.82) is 0 Å². The number of hydrogen-bond donors (Lipinski definition) is 2. The number of benzene rings is 2. The van der Waals surface area contributed by atoms with E-state index in [9.17, 15) is 4.79 Å². The molecule has 0 saturated heterocycles. The molecule has 1 amide bonds. The molecular weight excluding hydrogens is 306 g/mol. The van der Waals surface area contributed by atoms with E-state index in [1.807, 2.05) is 38.1 Å². The van der Waals surface area contributed by atoms with Gasteiger partial charge in [0.05, 0.1) is 24.2 Å². The molecule has 2 N–H and O–H groups in total. The first-order valence-electron chi connectivity index (χ1n) is 7.86. The monoisotopic (exact) mass is 325 g/mol. The van der Waals surface area contributed by atoms with Crippen LogP contribution in [-0.4, -0.2) is 29.1 Å². The number of anilines is 1. The zero-order valence-corrected chi connectivity index (χ0v) is 13.6. The summed E-state index contributed by atoms with van der Waals surface area (Å²) in [5.41, 5.74) is 2.11. The summed E-state index contributed by atoms with van der Waals surface area (Å²) in [7, 11) is 0. The maximum Gasteiger partial charge on any atom is 0.258 e. The van der Waals surface area contributed by atoms with Crippen LogP contribution in [0.3, 0.4) is 0 Å². The first-order chi connectivity index (χ1) is 11.7. The number of nitrogens with one attached hydrogen (secondary N) is 2. The Kier molecular flexibility index (Phi) is 4.65. The molecule has 0 aliphatic heterocycles. The number of imidazole rings is 1. The Morgan fingerprint density at radius 3 is 2.38 bits per heavy atom. The number of ether oxygens (including phenoxy) is 2. The molecule has 1 aromatic heterocycles. The quantitative estimate of drug-likeness (QED) is 0.726. The van der Waals surface area contributed by atoms with Crippen LogP contribution in [0.15, 0.2) is 42.5 Å². The minimum absolute atomic E-state index is 0.281. The van der Waals surface area contributed by atoms with Gasteiger partial charge in [0.15, 0.2) is 0 Å². The third-order valence-electron chi connectivity index (χ3n) is 3.39. The second kappa shape index (κ2) is 7.04. The maximum atomic E-state index is 12.5. The Labute approximate surface area is 139 Å². The van der Waals surface area contributed by atoms with Crippen LogP contribution in [0, 0.1) is 0 Å². The lowest BCUT2D eigenvalue weighted by atomic mass is 10.2. The Morgan fingerprint density at radius 2 is 1.75 bits per heavy atom. The molecule has 1 heterocycles. The number of fused-ring (bicyclic) bond motifs is 1. The zero-order valence-electron chi connectivity index (χ0n) is 13.6. The maximum absolute atomic E-state index is 12.5. The van der Waals surface area contributed by atoms with Gasteiger partial charge in [-0.3, -0.25) is 10.1 Å². The topological polar surface area (TPSA) is 76.2 Å². The van der Waals surface area contributed by atoms with E-state index in [1.165, 1.54) is 0 Å². The van der Waals surface area contributed by atoms with Crippen LogP contribution in [0.5, 0.6) is 11.5 Å². The van der Waals surface area contributed by atoms with E-state index in [4.69, 9.17) is 9.47 Å². The van der Waals surface area contributed by atoms with Gasteiger partial charge in [0, 0.05) is 11.6 Å². The Bertz CT molecular complexity index is 800. The molecule has 6 heteroatoms. The van der Waals surface area contributed by atoms with Crippen molar-refractivity contribution in [3.05, 3.63) is 48.0 Å². The summed E-state index contributed by atoms with van der Waals surface area (Å²) in [4.78, 5) is 19.9. The lowest BCUT2D eigenvalue weighted by Gasteiger charge is -2.10. The summed E-state index contributed by atoms with van der Waals surface area (Å²) in [6.45, 7) is 4.81. The van der Waals surface area contributed by atoms with Crippen LogP contribution >= 0.6 is 0 Å². The van der Waals surface area contributed by atoms with Crippen LogP contribution in [-0.2, 0) is 0 Å². The minimum atomic E-state index is -0.281. The number of carbonyl (C=O) groups is 1. The molecule has 0 bridgehead atoms. The number of amides is 1. The first kappa shape index (κ1) is 15.9. The van der Waals surface area contributed by atoms with Crippen LogP contribution in [0.25, 0.3) is 11.0 Å². The van der Waals surface area contributed by atoms with Crippen LogP contribution < -0.4 is 14.8 Å². The number of H-pyrrole nitrogens is 1. The van der Waals surface area contributed by atoms with Crippen molar-refractivity contribution in [2.24, 2.45) is 0 Å². The summed E-state index contributed by atoms with van der Waals surface area (Å²) < 4.78 is 11.0. The molecule has 0 spiro atoms. The molecule has 3 rings (SSSR count). The number of para-hydroxylation sites is 2. The first-order valence-corrected chi connectivity index (χ1v) is 7.86. The van der Waals surface area contributed by atoms with Crippen molar-refractivity contribution < 1.29 is 14.3 Å². The predicted molar refractivity (Wildman–Crippen MR) is 92.8 cm³/mol. The van der Waals surface area contributed by atoms with Crippen LogP contribution in [0.1, 0.15) is 24.2 Å². The van der Waals surface area contributed by atoms with Gasteiger partial charge < -0.3 is 14.5 Å². The van der Waals surface area contributed by atoms with Gasteiger partial charge in [-0.2, -0.15) is 0 Å². The Hall–Kier alpha value is -3.02. The van der Waals surface area contributed by atoms with E-state index in [1.54, 1.807) is 18.2 Å². The van der Waals surface area contributed by atoms with Crippen molar-refractivity contribution in [3.8, 4) is 11.5 Å². The van der Waals surface area contributed by atoms with Gasteiger partial charge in [-0.25, -0.2) is 4.98 Å². The number of aromatic nitrogens is 2. The smallest absolute Gasteiger partial charge is 0.258 e. The second-order valence-electron chi connectivity index (χ2n) is 5.12. The molecule has 0 unspecified atom stereocenters. The van der Waals surface area contributed by atoms with Crippen LogP contribution in [0.4, 0.5) is 5.95 Å². The Morgan fingerprint density at radius 1 is 1.08 bits per heavy atom. The lowest BCUT2D eigenvalue weighted by Crippen LogP contribution is -2.13. The average molecular weight is 325 g/mol. The van der Waals surface area contributed by atoms with Gasteiger partial charge >= 0.3 is 0 Å². The van der Waals surface area contributed by atoms with Crippen molar-refractivity contribution in [3.63, 3.8) is 0 Å². The highest BCUT2D eigenvalue weighted by molar-refractivity contribution is 6.04. The lowest BCUT2D eigenvalue weighted by molar-refractivity contribution is 0.102. The van der Waals surface area contributed by atoms with Gasteiger partial charge in [0.2, 0.25) is 5.95 Å². The largest absolute Gasteiger partial charge is 0.494 e. The van der Waals surface area contributed by atoms with Crippen molar-refractivity contribution in [2.75, 3.05) is 18.5 Å². The highest BCUT2D eigenvalue weighted by Gasteiger charge is 2.12. The average Bonchev–Trinajstić information content (AvgIpc) is 2.97. The standard InChI is InChI=1S/C18H19N3O3/c1-3-23-13-9-12(10-14(11-13)24-4-2)17(22)21-18-19-15-7-5-6-8-16(15)20-18/h5-11H,3-4H2,1-2H3,(H2,19,20,21,22). The van der Waals surface area contributed by atoms with E-state index in [0.717, 1.165) is 11.0 Å². The van der Waals surface area contributed by atoms with Crippen molar-refractivity contribution in [1.82, 2.24) is 9.97 Å². The van der Waals surface area contributed by atoms with Gasteiger partial charge in [-0.15, -0.1) is 0 Å². The van der Waals surface area contributed by atoms with E-state index in [-0.39, 0.29) is 5.91 Å². The molecular formula is C18H19N3O3. The minimum Gasteiger partial charge on any atom is -0.494 e. The number of aromatic amines is 1. The third kappa shape index (κ3) is 3.48. The molecule has 6 nitrogen and oxygen atoms in total. The predicted octanol–water partition coefficient (Wildman–Crippen LogP) is 3.61. The molecule has 0 atom stereocenters. The molecule has 0 fully saturated rings. The molecule has 3 aromatic rings. The number of rotatable bonds is 6. The number of nitrogens with zero attached hydrogens (tertiary/aromatic N) is 1. The molecule has 0 radical (unpaired) electrons. The van der Waals surface area contributed by atoms with Crippen molar-refractivity contribution >= 4 is 22.9 Å². The SMILES string of the molecule is CCOc1cc(OCC)cc(C(=O)Nc2nc3ccccc3[nH]2)c1. The highest BCUT2D eigenvalue weighted by atomic mass is 16.5. The Balaban J connectivity index is 1.85. The highest BCUT2D eigenvalue weighted by Crippen LogP contribution is 2.24. The van der Waals surface area contributed by atoms with Gasteiger partial charge in [-0.05, 0) is 38.1 Å². The molecule has 124 valence electrons. The van der Waals surface area contributed by atoms with E-state index >= 15 is 0 Å². The fourth-order valence-electron chi connectivity index (χ4n) is 2.39. The molecule has 24 heavy (non-hydrogen) atoms. The third-order valence-corrected chi connectivity index (χ3v) is 3.39. The summed E-state index contributed by atoms with van der Waals surface area (Å²) in [5.74, 6) is 1.31. The molecule has 0 aliphatic rings. The molecule has 2 aromatic carbocycles. The van der Waals surface area contributed by atoms with Gasteiger partial charge in [-0.1, -0.05) is 12.1 Å². The molecule has 0 aliphatic carbocycles. The van der Waals surface area contributed by atoms with Gasteiger partial charge in [0.25, 0.3) is 5.91 Å². The fourth-order valence-corrected chi connectivity index (χ4v) is 2.39. The summed E-state index contributed by atoms with van der Waals surface area (Å²) in [6.07, 6.45) is 0. The number of carbonyl (C=O) groups excluding carboxylic acids is 1. The van der Waals surface area contributed by atoms with Crippen molar-refractivity contribution in [2.45, 2.75) is 13.8 Å². The normalized spacial score (nSPS) is 10.6. The second-order valence-corrected chi connectivity index (χ2v) is 5.12. The van der Waals surface area contributed by atoms with E-state index in [0.29, 0.717) is 36.2 Å². The summed E-state index contributed by atoms with van der Waals surface area (Å²) in [6, 6.07) is 12.7. The summed E-state index contributed by atoms with van der Waals surface area (Å²) >= 11 is 0.